The van der Waals surface area contributed by atoms with Crippen LogP contribution in [0.3, 0.4) is 0 Å². The van der Waals surface area contributed by atoms with Gasteiger partial charge < -0.3 is 10.4 Å². The molecule has 0 spiro atoms. The largest absolute Gasteiger partial charge is 0.481 e. The zero-order valence-corrected chi connectivity index (χ0v) is 7.73. The van der Waals surface area contributed by atoms with E-state index in [1.165, 1.54) is 11.7 Å². The summed E-state index contributed by atoms with van der Waals surface area (Å²) in [7, 11) is 1.51. The highest BCUT2D eigenvalue weighted by Gasteiger charge is 2.07. The highest BCUT2D eigenvalue weighted by Crippen LogP contribution is 1.96. The van der Waals surface area contributed by atoms with Gasteiger partial charge in [0.2, 0.25) is 0 Å². The molecular weight excluding hydrogens is 186 g/mol. The molecule has 2 N–H and O–H groups in total. The molecule has 0 atom stereocenters. The van der Waals surface area contributed by atoms with Crippen LogP contribution in [0.25, 0.3) is 0 Å². The maximum Gasteiger partial charge on any atom is 0.305 e. The van der Waals surface area contributed by atoms with E-state index in [2.05, 4.69) is 10.4 Å². The third-order valence-corrected chi connectivity index (χ3v) is 1.66. The zero-order valence-electron chi connectivity index (χ0n) is 7.73. The highest BCUT2D eigenvalue weighted by molar-refractivity contribution is 5.91. The van der Waals surface area contributed by atoms with Crippen LogP contribution in [-0.4, -0.2) is 33.8 Å². The third-order valence-electron chi connectivity index (χ3n) is 1.66. The van der Waals surface area contributed by atoms with Crippen LogP contribution in [0.2, 0.25) is 0 Å². The van der Waals surface area contributed by atoms with Crippen molar-refractivity contribution in [2.24, 2.45) is 0 Å². The molecule has 6 heteroatoms. The minimum absolute atomic E-state index is 0.00510. The molecule has 14 heavy (non-hydrogen) atoms. The van der Waals surface area contributed by atoms with Gasteiger partial charge in [-0.1, -0.05) is 0 Å². The number of nitrogens with one attached hydrogen (secondary N) is 1. The van der Waals surface area contributed by atoms with Crippen LogP contribution in [-0.2, 0) is 11.3 Å². The average molecular weight is 197 g/mol. The zero-order chi connectivity index (χ0) is 10.6. The lowest BCUT2D eigenvalue weighted by Gasteiger charge is -1.97. The van der Waals surface area contributed by atoms with Crippen LogP contribution in [0.5, 0.6) is 0 Å². The van der Waals surface area contributed by atoms with Gasteiger partial charge in [-0.05, 0) is 6.07 Å². The Kier molecular flexibility index (Phi) is 3.22. The van der Waals surface area contributed by atoms with E-state index in [0.29, 0.717) is 0 Å². The number of carboxylic acids is 1. The lowest BCUT2D eigenvalue weighted by Crippen LogP contribution is -2.18. The van der Waals surface area contributed by atoms with Crippen molar-refractivity contribution in [3.05, 3.63) is 18.0 Å². The molecule has 1 aromatic heterocycles. The SMILES string of the molecule is CNC(=O)c1ccn(CCC(=O)O)n1. The quantitative estimate of drug-likeness (QED) is 0.695. The van der Waals surface area contributed by atoms with E-state index in [1.807, 2.05) is 0 Å². The molecule has 1 heterocycles. The van der Waals surface area contributed by atoms with E-state index in [9.17, 15) is 9.59 Å². The summed E-state index contributed by atoms with van der Waals surface area (Å²) in [6.07, 6.45) is 1.57. The van der Waals surface area contributed by atoms with Crippen LogP contribution in [0.15, 0.2) is 12.3 Å². The van der Waals surface area contributed by atoms with Gasteiger partial charge in [0.1, 0.15) is 5.69 Å². The van der Waals surface area contributed by atoms with Crippen LogP contribution in [0.4, 0.5) is 0 Å². The van der Waals surface area contributed by atoms with Gasteiger partial charge in [0.25, 0.3) is 5.91 Å². The van der Waals surface area contributed by atoms with Crippen LogP contribution >= 0.6 is 0 Å². The summed E-state index contributed by atoms with van der Waals surface area (Å²) < 4.78 is 1.43. The van der Waals surface area contributed by atoms with Gasteiger partial charge >= 0.3 is 5.97 Å². The van der Waals surface area contributed by atoms with Gasteiger partial charge in [0, 0.05) is 13.2 Å². The van der Waals surface area contributed by atoms with E-state index < -0.39 is 5.97 Å². The molecule has 1 rings (SSSR count). The van der Waals surface area contributed by atoms with Crippen molar-refractivity contribution < 1.29 is 14.7 Å². The maximum atomic E-state index is 11.1. The fourth-order valence-corrected chi connectivity index (χ4v) is 0.946. The summed E-state index contributed by atoms with van der Waals surface area (Å²) in [4.78, 5) is 21.3. The average Bonchev–Trinajstić information content (AvgIpc) is 2.62. The number of aryl methyl sites for hydroxylation is 1. The summed E-state index contributed by atoms with van der Waals surface area (Å²) >= 11 is 0. The van der Waals surface area contributed by atoms with Gasteiger partial charge in [-0.2, -0.15) is 5.10 Å². The monoisotopic (exact) mass is 197 g/mol. The second kappa shape index (κ2) is 4.40. The molecule has 76 valence electrons. The lowest BCUT2D eigenvalue weighted by atomic mass is 10.4. The van der Waals surface area contributed by atoms with E-state index in [1.54, 1.807) is 12.3 Å². The van der Waals surface area contributed by atoms with Crippen molar-refractivity contribution >= 4 is 11.9 Å². The Labute approximate surface area is 80.5 Å². The smallest absolute Gasteiger partial charge is 0.305 e. The second-order valence-electron chi connectivity index (χ2n) is 2.69. The van der Waals surface area contributed by atoms with Crippen LogP contribution in [0, 0.1) is 0 Å². The van der Waals surface area contributed by atoms with Gasteiger partial charge in [0.05, 0.1) is 13.0 Å². The molecule has 0 radical (unpaired) electrons. The number of carboxylic acid groups (broad SMARTS) is 1. The van der Waals surface area contributed by atoms with Crippen molar-refractivity contribution in [2.75, 3.05) is 7.05 Å². The minimum atomic E-state index is -0.887. The second-order valence-corrected chi connectivity index (χ2v) is 2.69. The standard InChI is InChI=1S/C8H11N3O3/c1-9-8(14)6-2-4-11(10-6)5-3-7(12)13/h2,4H,3,5H2,1H3,(H,9,14)(H,12,13). The topological polar surface area (TPSA) is 84.2 Å². The van der Waals surface area contributed by atoms with E-state index in [4.69, 9.17) is 5.11 Å². The predicted octanol–water partition coefficient (Wildman–Crippen LogP) is -0.283. The van der Waals surface area contributed by atoms with Crippen LogP contribution in [0.1, 0.15) is 16.9 Å². The number of aromatic nitrogens is 2. The van der Waals surface area contributed by atoms with Crippen molar-refractivity contribution in [1.82, 2.24) is 15.1 Å². The Morgan fingerprint density at radius 2 is 2.36 bits per heavy atom. The molecule has 0 saturated heterocycles. The predicted molar refractivity (Wildman–Crippen MR) is 47.9 cm³/mol. The van der Waals surface area contributed by atoms with E-state index in [-0.39, 0.29) is 24.6 Å². The molecule has 0 aliphatic rings. The Morgan fingerprint density at radius 3 is 2.93 bits per heavy atom. The number of aliphatic carboxylic acids is 1. The third kappa shape index (κ3) is 2.58. The van der Waals surface area contributed by atoms with Crippen molar-refractivity contribution in [2.45, 2.75) is 13.0 Å². The number of nitrogens with zero attached hydrogens (tertiary/aromatic N) is 2. The van der Waals surface area contributed by atoms with Gasteiger partial charge in [-0.15, -0.1) is 0 Å². The molecule has 0 unspecified atom stereocenters. The summed E-state index contributed by atoms with van der Waals surface area (Å²) in [6, 6.07) is 1.54. The number of hydrogen-bond donors (Lipinski definition) is 2. The molecule has 6 nitrogen and oxygen atoms in total. The number of rotatable bonds is 4. The van der Waals surface area contributed by atoms with Crippen molar-refractivity contribution in [3.63, 3.8) is 0 Å². The first-order chi connectivity index (χ1) is 6.63. The van der Waals surface area contributed by atoms with Gasteiger partial charge in [-0.3, -0.25) is 14.3 Å². The van der Waals surface area contributed by atoms with Crippen LogP contribution < -0.4 is 5.32 Å². The Hall–Kier alpha value is -1.85. The molecule has 0 aliphatic heterocycles. The number of hydrogen-bond acceptors (Lipinski definition) is 3. The van der Waals surface area contributed by atoms with Crippen molar-refractivity contribution in [1.29, 1.82) is 0 Å². The lowest BCUT2D eigenvalue weighted by molar-refractivity contribution is -0.137. The van der Waals surface area contributed by atoms with E-state index in [0.717, 1.165) is 0 Å². The molecule has 1 aromatic rings. The fourth-order valence-electron chi connectivity index (χ4n) is 0.946. The summed E-state index contributed by atoms with van der Waals surface area (Å²) in [5.41, 5.74) is 0.290. The van der Waals surface area contributed by atoms with Gasteiger partial charge in [0.15, 0.2) is 0 Å². The van der Waals surface area contributed by atoms with E-state index >= 15 is 0 Å². The van der Waals surface area contributed by atoms with Gasteiger partial charge in [-0.25, -0.2) is 0 Å². The molecule has 0 fully saturated rings. The molecule has 0 aromatic carbocycles. The molecule has 0 saturated carbocycles. The molecule has 1 amide bonds. The Bertz CT molecular complexity index is 345. The minimum Gasteiger partial charge on any atom is -0.481 e. The summed E-state index contributed by atoms with van der Waals surface area (Å²) in [5, 5.41) is 14.7. The first-order valence-electron chi connectivity index (χ1n) is 4.11. The highest BCUT2D eigenvalue weighted by atomic mass is 16.4. The number of carbonyl (C=O) groups is 2. The fraction of sp³-hybridized carbons (Fsp3) is 0.375. The first kappa shape index (κ1) is 10.2. The molecule has 0 bridgehead atoms. The van der Waals surface area contributed by atoms with Crippen molar-refractivity contribution in [3.8, 4) is 0 Å². The number of amides is 1. The molecular formula is C8H11N3O3. The maximum absolute atomic E-state index is 11.1. The summed E-state index contributed by atoms with van der Waals surface area (Å²) in [5.74, 6) is -1.17. The normalized spacial score (nSPS) is 9.79. The number of carbonyl (C=O) groups excluding carboxylic acids is 1. The first-order valence-corrected chi connectivity index (χ1v) is 4.11. The molecule has 0 aliphatic carbocycles. The Balaban J connectivity index is 2.59. The Morgan fingerprint density at radius 1 is 1.64 bits per heavy atom. The summed E-state index contributed by atoms with van der Waals surface area (Å²) in [6.45, 7) is 0.270.